The van der Waals surface area contributed by atoms with Gasteiger partial charge in [0.25, 0.3) is 5.91 Å². The summed E-state index contributed by atoms with van der Waals surface area (Å²) >= 11 is 0. The summed E-state index contributed by atoms with van der Waals surface area (Å²) in [6.45, 7) is 5.56. The van der Waals surface area contributed by atoms with E-state index in [9.17, 15) is 29.1 Å². The Kier molecular flexibility index (Phi) is 8.80. The number of likely N-dealkylation sites (N-methyl/N-ethyl adjacent to an activating group) is 1. The summed E-state index contributed by atoms with van der Waals surface area (Å²) in [5, 5.41) is 18.3. The molecular formula is C29H35N5O7. The van der Waals surface area contributed by atoms with Crippen molar-refractivity contribution in [3.05, 3.63) is 53.6 Å². The maximum Gasteiger partial charge on any atom is 0.255 e. The van der Waals surface area contributed by atoms with E-state index >= 15 is 0 Å². The van der Waals surface area contributed by atoms with Crippen LogP contribution in [0, 0.1) is 5.92 Å². The maximum absolute atomic E-state index is 13.5. The van der Waals surface area contributed by atoms with Crippen LogP contribution < -0.4 is 20.7 Å². The highest BCUT2D eigenvalue weighted by molar-refractivity contribution is 6.01. The van der Waals surface area contributed by atoms with Crippen LogP contribution in [0.2, 0.25) is 0 Å². The first kappa shape index (κ1) is 29.4. The van der Waals surface area contributed by atoms with Crippen LogP contribution in [0.25, 0.3) is 0 Å². The average Bonchev–Trinajstić information content (AvgIpc) is 2.93. The minimum absolute atomic E-state index is 0.0757. The molecule has 218 valence electrons. The zero-order valence-corrected chi connectivity index (χ0v) is 23.5. The summed E-state index contributed by atoms with van der Waals surface area (Å²) in [7, 11) is 1.67. The molecule has 12 heteroatoms. The molecule has 2 aromatic carbocycles. The van der Waals surface area contributed by atoms with Crippen LogP contribution in [-0.4, -0.2) is 89.2 Å². The number of carbonyl (C=O) groups excluding carboxylic acids is 5. The third kappa shape index (κ3) is 6.94. The fraction of sp³-hybridized carbons (Fsp3) is 0.414. The van der Waals surface area contributed by atoms with Crippen molar-refractivity contribution >= 4 is 29.5 Å². The Morgan fingerprint density at radius 3 is 2.29 bits per heavy atom. The lowest BCUT2D eigenvalue weighted by atomic mass is 10.0. The second-order valence-electron chi connectivity index (χ2n) is 10.7. The summed E-state index contributed by atoms with van der Waals surface area (Å²) in [6, 6.07) is 8.00. The zero-order valence-electron chi connectivity index (χ0n) is 23.5. The summed E-state index contributed by atoms with van der Waals surface area (Å²) in [5.41, 5.74) is 0.646. The van der Waals surface area contributed by atoms with E-state index in [1.54, 1.807) is 50.1 Å². The van der Waals surface area contributed by atoms with Crippen LogP contribution in [-0.2, 0) is 25.6 Å². The number of phenolic OH excluding ortho intramolecular Hbond substituents is 1. The van der Waals surface area contributed by atoms with E-state index in [2.05, 4.69) is 16.0 Å². The van der Waals surface area contributed by atoms with Crippen LogP contribution >= 0.6 is 0 Å². The van der Waals surface area contributed by atoms with Gasteiger partial charge in [0, 0.05) is 26.6 Å². The molecule has 3 heterocycles. The molecule has 2 aromatic rings. The number of benzene rings is 2. The minimum Gasteiger partial charge on any atom is -0.507 e. The molecule has 0 unspecified atom stereocenters. The van der Waals surface area contributed by atoms with Crippen LogP contribution in [0.1, 0.15) is 36.7 Å². The van der Waals surface area contributed by atoms with Gasteiger partial charge in [0.05, 0.1) is 12.1 Å². The van der Waals surface area contributed by atoms with Gasteiger partial charge in [-0.05, 0) is 48.7 Å². The van der Waals surface area contributed by atoms with Gasteiger partial charge in [0.15, 0.2) is 0 Å². The van der Waals surface area contributed by atoms with E-state index < -0.39 is 41.8 Å². The fourth-order valence-electron chi connectivity index (χ4n) is 4.61. The van der Waals surface area contributed by atoms with Gasteiger partial charge >= 0.3 is 0 Å². The van der Waals surface area contributed by atoms with Crippen molar-refractivity contribution in [1.82, 2.24) is 25.8 Å². The quantitative estimate of drug-likeness (QED) is 0.392. The summed E-state index contributed by atoms with van der Waals surface area (Å²) < 4.78 is 5.88. The van der Waals surface area contributed by atoms with E-state index in [1.807, 2.05) is 0 Å². The van der Waals surface area contributed by atoms with Crippen LogP contribution in [0.3, 0.4) is 0 Å². The van der Waals surface area contributed by atoms with Gasteiger partial charge in [-0.25, -0.2) is 0 Å². The normalized spacial score (nSPS) is 22.3. The number of nitrogens with one attached hydrogen (secondary N) is 3. The Labute approximate surface area is 238 Å². The van der Waals surface area contributed by atoms with Crippen molar-refractivity contribution in [1.29, 1.82) is 0 Å². The van der Waals surface area contributed by atoms with Crippen molar-refractivity contribution < 1.29 is 33.8 Å². The second kappa shape index (κ2) is 12.3. The Bertz CT molecular complexity index is 1340. The first-order chi connectivity index (χ1) is 19.4. The van der Waals surface area contributed by atoms with Crippen LogP contribution in [0.5, 0.6) is 17.2 Å². The first-order valence-corrected chi connectivity index (χ1v) is 13.5. The number of ether oxygens (including phenoxy) is 1. The van der Waals surface area contributed by atoms with E-state index in [4.69, 9.17) is 4.74 Å². The number of hydrogen-bond donors (Lipinski definition) is 4. The highest BCUT2D eigenvalue weighted by Gasteiger charge is 2.33. The van der Waals surface area contributed by atoms with E-state index in [-0.39, 0.29) is 36.1 Å². The molecule has 0 radical (unpaired) electrons. The van der Waals surface area contributed by atoms with Crippen LogP contribution in [0.4, 0.5) is 0 Å². The average molecular weight is 566 g/mol. The molecule has 41 heavy (non-hydrogen) atoms. The van der Waals surface area contributed by atoms with Gasteiger partial charge in [0.1, 0.15) is 35.4 Å². The highest BCUT2D eigenvalue weighted by atomic mass is 16.5. The molecular weight excluding hydrogens is 530 g/mol. The third-order valence-electron chi connectivity index (χ3n) is 7.18. The molecule has 12 nitrogen and oxygen atoms in total. The number of piperazine rings is 1. The first-order valence-electron chi connectivity index (χ1n) is 13.5. The van der Waals surface area contributed by atoms with Gasteiger partial charge in [-0.2, -0.15) is 0 Å². The van der Waals surface area contributed by atoms with Gasteiger partial charge < -0.3 is 35.6 Å². The van der Waals surface area contributed by atoms with E-state index in [0.717, 1.165) is 5.56 Å². The number of hydrogen-bond acceptors (Lipinski definition) is 7. The van der Waals surface area contributed by atoms with Crippen molar-refractivity contribution in [3.63, 3.8) is 0 Å². The number of nitrogens with zero attached hydrogens (tertiary/aromatic N) is 2. The third-order valence-corrected chi connectivity index (χ3v) is 7.18. The van der Waals surface area contributed by atoms with Crippen molar-refractivity contribution in [2.45, 2.75) is 45.3 Å². The second-order valence-corrected chi connectivity index (χ2v) is 10.7. The molecule has 0 aliphatic carbocycles. The molecule has 4 bridgehead atoms. The number of carbonyl (C=O) groups is 5. The van der Waals surface area contributed by atoms with Gasteiger partial charge in [-0.1, -0.05) is 26.0 Å². The lowest BCUT2D eigenvalue weighted by Crippen LogP contribution is -2.59. The molecule has 3 aliphatic heterocycles. The van der Waals surface area contributed by atoms with Gasteiger partial charge in [0.2, 0.25) is 23.6 Å². The largest absolute Gasteiger partial charge is 0.507 e. The Morgan fingerprint density at radius 1 is 0.951 bits per heavy atom. The molecule has 5 rings (SSSR count). The van der Waals surface area contributed by atoms with E-state index in [1.165, 1.54) is 30.0 Å². The van der Waals surface area contributed by atoms with Crippen molar-refractivity contribution in [2.24, 2.45) is 5.92 Å². The standard InChI is InChI=1S/C29H35N5O7/c1-16(2)25-28(39)30-17(3)26(37)31-22(29(40)34-12-11-33(4)24(36)15-34)13-18-5-7-19(8-6-18)41-20-9-10-23(35)21(14-20)27(38)32-25/h5-10,14,16-17,22,25,35H,11-13,15H2,1-4H3,(H,30,39)(H,31,37)(H,32,38)/t17-,22-,25-/m0/s1. The molecule has 1 saturated heterocycles. The lowest BCUT2D eigenvalue weighted by Gasteiger charge is -2.34. The smallest absolute Gasteiger partial charge is 0.255 e. The molecule has 0 aromatic heterocycles. The topological polar surface area (TPSA) is 157 Å². The predicted octanol–water partition coefficient (Wildman–Crippen LogP) is 0.785. The SMILES string of the molecule is CC(C)[C@@H]1NC(=O)c2cc(ccc2O)Oc2ccc(cc2)C[C@@H](C(=O)N2CCN(C)C(=O)C2)NC(=O)[C@H](C)NC1=O. The number of phenols is 1. The fourth-order valence-corrected chi connectivity index (χ4v) is 4.61. The van der Waals surface area contributed by atoms with Crippen molar-refractivity contribution in [3.8, 4) is 17.2 Å². The molecule has 5 amide bonds. The number of amides is 5. The summed E-state index contributed by atoms with van der Waals surface area (Å²) in [4.78, 5) is 68.2. The summed E-state index contributed by atoms with van der Waals surface area (Å²) in [5.74, 6) is -2.41. The Hall–Kier alpha value is -4.61. The van der Waals surface area contributed by atoms with Crippen molar-refractivity contribution in [2.75, 3.05) is 26.7 Å². The predicted molar refractivity (Wildman–Crippen MR) is 148 cm³/mol. The number of rotatable bonds is 2. The number of fused-ring (bicyclic) bond motifs is 11. The molecule has 4 N–H and O–H groups in total. The molecule has 1 fully saturated rings. The van der Waals surface area contributed by atoms with Gasteiger partial charge in [-0.15, -0.1) is 0 Å². The summed E-state index contributed by atoms with van der Waals surface area (Å²) in [6.07, 6.45) is 0.139. The highest BCUT2D eigenvalue weighted by Crippen LogP contribution is 2.28. The Balaban J connectivity index is 1.68. The molecule has 0 spiro atoms. The number of aromatic hydroxyl groups is 1. The van der Waals surface area contributed by atoms with Gasteiger partial charge in [-0.3, -0.25) is 24.0 Å². The Morgan fingerprint density at radius 2 is 1.63 bits per heavy atom. The van der Waals surface area contributed by atoms with Crippen LogP contribution in [0.15, 0.2) is 42.5 Å². The lowest BCUT2D eigenvalue weighted by molar-refractivity contribution is -0.146. The van der Waals surface area contributed by atoms with E-state index in [0.29, 0.717) is 24.6 Å². The zero-order chi connectivity index (χ0) is 29.8. The molecule has 3 atom stereocenters. The molecule has 0 saturated carbocycles. The molecule has 3 aliphatic rings. The minimum atomic E-state index is -1.04. The monoisotopic (exact) mass is 565 g/mol. The maximum atomic E-state index is 13.5.